The zero-order chi connectivity index (χ0) is 17.5. The van der Waals surface area contributed by atoms with Crippen LogP contribution in [0.5, 0.6) is 0 Å². The zero-order valence-corrected chi connectivity index (χ0v) is 16.2. The highest BCUT2D eigenvalue weighted by molar-refractivity contribution is 9.10. The third kappa shape index (κ3) is 2.88. The lowest BCUT2D eigenvalue weighted by Crippen LogP contribution is -2.61. The quantitative estimate of drug-likeness (QED) is 0.682. The summed E-state index contributed by atoms with van der Waals surface area (Å²) >= 11 is 3.49. The van der Waals surface area contributed by atoms with Gasteiger partial charge in [0, 0.05) is 4.47 Å². The Morgan fingerprint density at radius 3 is 2.42 bits per heavy atom. The normalized spacial score (nSPS) is 25.9. The molecule has 1 heterocycles. The molecule has 24 heavy (non-hydrogen) atoms. The van der Waals surface area contributed by atoms with Crippen molar-refractivity contribution < 1.29 is 14.3 Å². The van der Waals surface area contributed by atoms with Gasteiger partial charge in [-0.05, 0) is 56.4 Å². The lowest BCUT2D eigenvalue weighted by atomic mass is 9.68. The number of carbonyl (C=O) groups excluding carboxylic acids is 2. The second kappa shape index (κ2) is 6.38. The summed E-state index contributed by atoms with van der Waals surface area (Å²) in [5.41, 5.74) is 0.212. The Hall–Kier alpha value is -1.00. The molecule has 1 aromatic rings. The second-order valence-electron chi connectivity index (χ2n) is 7.53. The number of Topliss-reactive ketones (excluding diaryl/α,β-unsaturated/α-hetero) is 2. The Balaban J connectivity index is 2.11. The van der Waals surface area contributed by atoms with Crippen LogP contribution in [0.1, 0.15) is 69.9 Å². The number of ketones is 2. The van der Waals surface area contributed by atoms with E-state index in [1.54, 1.807) is 0 Å². The number of aryl methyl sites for hydroxylation is 1. The smallest absolute Gasteiger partial charge is 0.179 e. The van der Waals surface area contributed by atoms with Crippen LogP contribution in [0.15, 0.2) is 22.7 Å². The van der Waals surface area contributed by atoms with Crippen molar-refractivity contribution in [3.05, 3.63) is 33.8 Å². The molecule has 2 aliphatic rings. The van der Waals surface area contributed by atoms with Crippen LogP contribution in [0.3, 0.4) is 0 Å². The first-order chi connectivity index (χ1) is 11.3. The highest BCUT2D eigenvalue weighted by atomic mass is 79.9. The van der Waals surface area contributed by atoms with Gasteiger partial charge in [0.15, 0.2) is 11.6 Å². The minimum atomic E-state index is -0.923. The van der Waals surface area contributed by atoms with E-state index in [-0.39, 0.29) is 11.6 Å². The number of hydrogen-bond acceptors (Lipinski definition) is 3. The molecule has 130 valence electrons. The van der Waals surface area contributed by atoms with Gasteiger partial charge in [-0.25, -0.2) is 0 Å². The van der Waals surface area contributed by atoms with Crippen LogP contribution in [0.25, 0.3) is 0 Å². The fourth-order valence-corrected chi connectivity index (χ4v) is 4.64. The number of rotatable bonds is 2. The molecule has 1 aromatic carbocycles. The van der Waals surface area contributed by atoms with Crippen molar-refractivity contribution in [2.24, 2.45) is 0 Å². The van der Waals surface area contributed by atoms with Crippen LogP contribution >= 0.6 is 15.9 Å². The van der Waals surface area contributed by atoms with E-state index in [0.29, 0.717) is 0 Å². The first kappa shape index (κ1) is 17.8. The molecule has 3 rings (SSSR count). The van der Waals surface area contributed by atoms with Crippen molar-refractivity contribution in [3.8, 4) is 0 Å². The van der Waals surface area contributed by atoms with Crippen molar-refractivity contribution in [3.63, 3.8) is 0 Å². The van der Waals surface area contributed by atoms with Gasteiger partial charge in [0.05, 0.1) is 0 Å². The Labute approximate surface area is 152 Å². The Bertz CT molecular complexity index is 671. The van der Waals surface area contributed by atoms with Crippen molar-refractivity contribution in [2.75, 3.05) is 0 Å². The van der Waals surface area contributed by atoms with Gasteiger partial charge in [-0.1, -0.05) is 48.2 Å². The summed E-state index contributed by atoms with van der Waals surface area (Å²) in [6, 6.07) is 5.87. The summed E-state index contributed by atoms with van der Waals surface area (Å²) in [5, 5.41) is 0. The van der Waals surface area contributed by atoms with Crippen LogP contribution in [0.2, 0.25) is 0 Å². The first-order valence-corrected chi connectivity index (χ1v) is 9.67. The van der Waals surface area contributed by atoms with E-state index in [1.165, 1.54) is 0 Å². The maximum atomic E-state index is 13.4. The van der Waals surface area contributed by atoms with Gasteiger partial charge in [0.1, 0.15) is 17.1 Å². The molecule has 1 aliphatic carbocycles. The molecule has 0 amide bonds. The highest BCUT2D eigenvalue weighted by Crippen LogP contribution is 2.46. The zero-order valence-electron chi connectivity index (χ0n) is 14.7. The molecule has 0 N–H and O–H groups in total. The first-order valence-electron chi connectivity index (χ1n) is 8.88. The Morgan fingerprint density at radius 2 is 1.79 bits per heavy atom. The third-order valence-electron chi connectivity index (χ3n) is 5.48. The van der Waals surface area contributed by atoms with E-state index in [1.807, 2.05) is 32.0 Å². The third-order valence-corrected chi connectivity index (χ3v) is 5.97. The average molecular weight is 393 g/mol. The molecule has 1 unspecified atom stereocenters. The summed E-state index contributed by atoms with van der Waals surface area (Å²) in [7, 11) is 0. The fourth-order valence-electron chi connectivity index (χ4n) is 4.23. The maximum Gasteiger partial charge on any atom is 0.179 e. The van der Waals surface area contributed by atoms with E-state index >= 15 is 0 Å². The van der Waals surface area contributed by atoms with Gasteiger partial charge in [-0.15, -0.1) is 0 Å². The number of benzene rings is 1. The maximum absolute atomic E-state index is 13.4. The topological polar surface area (TPSA) is 43.4 Å². The van der Waals surface area contributed by atoms with Crippen LogP contribution < -0.4 is 0 Å². The molecule has 2 fully saturated rings. The lowest BCUT2D eigenvalue weighted by Gasteiger charge is -2.48. The molecule has 0 aromatic heterocycles. The standard InChI is InChI=1S/C20H25BrO3/c1-4-13-12-14(21)8-9-15(13)16-17(22)19(2,3)24-20(18(16)23)10-6-5-7-11-20/h8-9,12,16H,4-7,10-11H2,1-3H3. The molecule has 0 bridgehead atoms. The SMILES string of the molecule is CCc1cc(Br)ccc1C1C(=O)C(C)(C)OC2(CCCCC2)C1=O. The minimum Gasteiger partial charge on any atom is -0.353 e. The van der Waals surface area contributed by atoms with Crippen molar-refractivity contribution in [1.29, 1.82) is 0 Å². The summed E-state index contributed by atoms with van der Waals surface area (Å²) in [6.45, 7) is 5.69. The number of ether oxygens (including phenoxy) is 1. The number of carbonyl (C=O) groups is 2. The summed E-state index contributed by atoms with van der Waals surface area (Å²) in [6.07, 6.45) is 5.37. The van der Waals surface area contributed by atoms with Crippen molar-refractivity contribution >= 4 is 27.5 Å². The molecule has 1 aliphatic heterocycles. The van der Waals surface area contributed by atoms with Gasteiger partial charge in [0.25, 0.3) is 0 Å². The predicted molar refractivity (Wildman–Crippen MR) is 97.3 cm³/mol. The molecule has 1 atom stereocenters. The fraction of sp³-hybridized carbons (Fsp3) is 0.600. The van der Waals surface area contributed by atoms with Crippen LogP contribution in [0.4, 0.5) is 0 Å². The van der Waals surface area contributed by atoms with Gasteiger partial charge >= 0.3 is 0 Å². The summed E-state index contributed by atoms with van der Waals surface area (Å²) in [5.74, 6) is -0.834. The van der Waals surface area contributed by atoms with E-state index in [2.05, 4.69) is 22.9 Å². The van der Waals surface area contributed by atoms with Gasteiger partial charge in [-0.2, -0.15) is 0 Å². The molecule has 4 heteroatoms. The largest absolute Gasteiger partial charge is 0.353 e. The van der Waals surface area contributed by atoms with E-state index in [0.717, 1.165) is 54.1 Å². The predicted octanol–water partition coefficient (Wildman–Crippen LogP) is 4.75. The summed E-state index contributed by atoms with van der Waals surface area (Å²) in [4.78, 5) is 26.5. The molecule has 1 spiro atoms. The van der Waals surface area contributed by atoms with E-state index < -0.39 is 17.1 Å². The van der Waals surface area contributed by atoms with Crippen molar-refractivity contribution in [1.82, 2.24) is 0 Å². The van der Waals surface area contributed by atoms with Crippen LogP contribution in [0, 0.1) is 0 Å². The van der Waals surface area contributed by atoms with Gasteiger partial charge in [0.2, 0.25) is 0 Å². The Morgan fingerprint density at radius 1 is 1.12 bits per heavy atom. The minimum absolute atomic E-state index is 0.0245. The molecule has 0 radical (unpaired) electrons. The van der Waals surface area contributed by atoms with E-state index in [4.69, 9.17) is 4.74 Å². The monoisotopic (exact) mass is 392 g/mol. The van der Waals surface area contributed by atoms with Crippen molar-refractivity contribution in [2.45, 2.75) is 76.4 Å². The summed E-state index contributed by atoms with van der Waals surface area (Å²) < 4.78 is 7.14. The second-order valence-corrected chi connectivity index (χ2v) is 8.44. The van der Waals surface area contributed by atoms with Crippen LogP contribution in [-0.2, 0) is 20.7 Å². The average Bonchev–Trinajstić information content (AvgIpc) is 2.55. The van der Waals surface area contributed by atoms with Gasteiger partial charge < -0.3 is 4.74 Å². The molecule has 1 saturated heterocycles. The molecular formula is C20H25BrO3. The lowest BCUT2D eigenvalue weighted by molar-refractivity contribution is -0.197. The molecule has 1 saturated carbocycles. The molecule has 3 nitrogen and oxygen atoms in total. The number of halogens is 1. The highest BCUT2D eigenvalue weighted by Gasteiger charge is 2.57. The Kier molecular flexibility index (Phi) is 4.73. The van der Waals surface area contributed by atoms with Crippen LogP contribution in [-0.4, -0.2) is 22.8 Å². The molecular weight excluding hydrogens is 368 g/mol. The van der Waals surface area contributed by atoms with E-state index in [9.17, 15) is 9.59 Å². The van der Waals surface area contributed by atoms with Gasteiger partial charge in [-0.3, -0.25) is 9.59 Å². The number of hydrogen-bond donors (Lipinski definition) is 0.